The van der Waals surface area contributed by atoms with Gasteiger partial charge in [0.05, 0.1) is 12.6 Å². The summed E-state index contributed by atoms with van der Waals surface area (Å²) in [6.07, 6.45) is 6.82. The lowest BCUT2D eigenvalue weighted by atomic mass is 9.81. The molecule has 0 unspecified atom stereocenters. The van der Waals surface area contributed by atoms with Crippen molar-refractivity contribution in [2.75, 3.05) is 33.3 Å². The molecule has 28 heavy (non-hydrogen) atoms. The maximum atomic E-state index is 13.0. The van der Waals surface area contributed by atoms with Crippen LogP contribution >= 0.6 is 0 Å². The number of hydrogen-bond acceptors (Lipinski definition) is 4. The van der Waals surface area contributed by atoms with Crippen LogP contribution in [0.2, 0.25) is 0 Å². The summed E-state index contributed by atoms with van der Waals surface area (Å²) in [5, 5.41) is 0. The summed E-state index contributed by atoms with van der Waals surface area (Å²) < 4.78 is 5.17. The largest absolute Gasteiger partial charge is 0.497 e. The highest BCUT2D eigenvalue weighted by molar-refractivity contribution is 5.86. The van der Waals surface area contributed by atoms with Gasteiger partial charge in [-0.3, -0.25) is 9.59 Å². The average molecular weight is 388 g/mol. The van der Waals surface area contributed by atoms with E-state index in [0.29, 0.717) is 39.0 Å². The number of nitrogens with zero attached hydrogens (tertiary/aromatic N) is 2. The van der Waals surface area contributed by atoms with E-state index in [-0.39, 0.29) is 11.8 Å². The number of rotatable bonds is 5. The van der Waals surface area contributed by atoms with Gasteiger partial charge in [0.15, 0.2) is 0 Å². The molecule has 6 nitrogen and oxygen atoms in total. The van der Waals surface area contributed by atoms with Crippen molar-refractivity contribution in [3.63, 3.8) is 0 Å². The van der Waals surface area contributed by atoms with Crippen LogP contribution in [0, 0.1) is 0 Å². The van der Waals surface area contributed by atoms with Crippen molar-refractivity contribution in [3.8, 4) is 5.75 Å². The minimum absolute atomic E-state index is 0.0831. The molecule has 6 heteroatoms. The Hall–Kier alpha value is -2.08. The van der Waals surface area contributed by atoms with Crippen molar-refractivity contribution in [1.29, 1.82) is 0 Å². The van der Waals surface area contributed by atoms with Crippen molar-refractivity contribution < 1.29 is 14.3 Å². The normalized spacial score (nSPS) is 19.8. The predicted octanol–water partition coefficient (Wildman–Crippen LogP) is 2.35. The van der Waals surface area contributed by atoms with E-state index >= 15 is 0 Å². The lowest BCUT2D eigenvalue weighted by Gasteiger charge is -2.36. The molecule has 1 aromatic rings. The number of nitrogens with two attached hydrogens (primary N) is 1. The number of carbonyl (C=O) groups excluding carboxylic acids is 2. The summed E-state index contributed by atoms with van der Waals surface area (Å²) in [5.74, 6) is 1.06. The van der Waals surface area contributed by atoms with Crippen LogP contribution in [0.4, 0.5) is 0 Å². The zero-order valence-electron chi connectivity index (χ0n) is 17.0. The summed E-state index contributed by atoms with van der Waals surface area (Å²) in [5.41, 5.74) is 6.87. The third kappa shape index (κ3) is 5.04. The number of benzene rings is 1. The molecular formula is C22H33N3O3. The van der Waals surface area contributed by atoms with Crippen LogP contribution < -0.4 is 10.5 Å². The highest BCUT2D eigenvalue weighted by Crippen LogP contribution is 2.28. The van der Waals surface area contributed by atoms with E-state index < -0.39 is 5.54 Å². The number of hydrogen-bond donors (Lipinski definition) is 1. The maximum absolute atomic E-state index is 13.0. The highest BCUT2D eigenvalue weighted by atomic mass is 16.5. The topological polar surface area (TPSA) is 75.9 Å². The Morgan fingerprint density at radius 3 is 2.29 bits per heavy atom. The summed E-state index contributed by atoms with van der Waals surface area (Å²) >= 11 is 0. The molecule has 2 fully saturated rings. The van der Waals surface area contributed by atoms with Crippen LogP contribution in [0.15, 0.2) is 24.3 Å². The molecule has 0 bridgehead atoms. The van der Waals surface area contributed by atoms with E-state index in [1.54, 1.807) is 7.11 Å². The average Bonchev–Trinajstić information content (AvgIpc) is 2.98. The minimum atomic E-state index is -0.689. The Kier molecular flexibility index (Phi) is 6.94. The monoisotopic (exact) mass is 387 g/mol. The van der Waals surface area contributed by atoms with Gasteiger partial charge >= 0.3 is 0 Å². The van der Waals surface area contributed by atoms with Crippen molar-refractivity contribution in [1.82, 2.24) is 9.80 Å². The molecule has 1 saturated carbocycles. The minimum Gasteiger partial charge on any atom is -0.497 e. The summed E-state index contributed by atoms with van der Waals surface area (Å²) in [4.78, 5) is 29.4. The van der Waals surface area contributed by atoms with E-state index in [1.807, 2.05) is 34.1 Å². The van der Waals surface area contributed by atoms with Crippen molar-refractivity contribution in [3.05, 3.63) is 29.8 Å². The number of ether oxygens (including phenoxy) is 1. The molecule has 2 N–H and O–H groups in total. The Balaban J connectivity index is 1.49. The molecule has 1 aliphatic carbocycles. The fourth-order valence-corrected chi connectivity index (χ4v) is 4.28. The Morgan fingerprint density at radius 2 is 1.61 bits per heavy atom. The summed E-state index contributed by atoms with van der Waals surface area (Å²) in [6, 6.07) is 7.84. The molecule has 2 amide bonds. The first kappa shape index (κ1) is 20.6. The summed E-state index contributed by atoms with van der Waals surface area (Å²) in [6.45, 7) is 2.60. The standard InChI is InChI=1S/C22H33N3O3/c1-28-19-9-6-18(7-10-19)8-11-20(26)24-14-5-15-25(17-16-24)21(27)22(23)12-3-2-4-13-22/h6-7,9-10H,2-5,8,11-17,23H2,1H3. The van der Waals surface area contributed by atoms with E-state index in [0.717, 1.165) is 43.4 Å². The fourth-order valence-electron chi connectivity index (χ4n) is 4.28. The molecule has 1 aromatic carbocycles. The molecule has 0 spiro atoms. The second-order valence-electron chi connectivity index (χ2n) is 8.09. The zero-order chi connectivity index (χ0) is 20.0. The van der Waals surface area contributed by atoms with Crippen molar-refractivity contribution >= 4 is 11.8 Å². The molecule has 0 aromatic heterocycles. The lowest BCUT2D eigenvalue weighted by Crippen LogP contribution is -2.56. The van der Waals surface area contributed by atoms with Gasteiger partial charge in [0.25, 0.3) is 0 Å². The van der Waals surface area contributed by atoms with Crippen LogP contribution in [-0.2, 0) is 16.0 Å². The van der Waals surface area contributed by atoms with Crippen LogP contribution in [0.3, 0.4) is 0 Å². The van der Waals surface area contributed by atoms with Crippen LogP contribution in [0.1, 0.15) is 50.5 Å². The first-order valence-corrected chi connectivity index (χ1v) is 10.5. The first-order chi connectivity index (χ1) is 13.5. The third-order valence-electron chi connectivity index (χ3n) is 6.09. The van der Waals surface area contributed by atoms with Crippen LogP contribution in [0.25, 0.3) is 0 Å². The van der Waals surface area contributed by atoms with Crippen molar-refractivity contribution in [2.45, 2.75) is 56.9 Å². The number of aryl methyl sites for hydroxylation is 1. The maximum Gasteiger partial charge on any atom is 0.242 e. The van der Waals surface area contributed by atoms with Gasteiger partial charge in [0, 0.05) is 32.6 Å². The van der Waals surface area contributed by atoms with E-state index in [2.05, 4.69) is 0 Å². The van der Waals surface area contributed by atoms with Crippen LogP contribution in [0.5, 0.6) is 5.75 Å². The molecule has 0 radical (unpaired) electrons. The van der Waals surface area contributed by atoms with Gasteiger partial charge in [-0.2, -0.15) is 0 Å². The smallest absolute Gasteiger partial charge is 0.242 e. The second kappa shape index (κ2) is 9.41. The quantitative estimate of drug-likeness (QED) is 0.841. The molecule has 0 atom stereocenters. The number of carbonyl (C=O) groups is 2. The predicted molar refractivity (Wildman–Crippen MR) is 109 cm³/mol. The number of amides is 2. The van der Waals surface area contributed by atoms with Gasteiger partial charge < -0.3 is 20.3 Å². The van der Waals surface area contributed by atoms with Gasteiger partial charge in [-0.1, -0.05) is 31.4 Å². The molecule has 1 aliphatic heterocycles. The van der Waals surface area contributed by atoms with E-state index in [1.165, 1.54) is 6.42 Å². The highest BCUT2D eigenvalue weighted by Gasteiger charge is 2.38. The molecule has 1 saturated heterocycles. The van der Waals surface area contributed by atoms with Crippen LogP contribution in [-0.4, -0.2) is 60.4 Å². The SMILES string of the molecule is COc1ccc(CCC(=O)N2CCCN(C(=O)C3(N)CCCCC3)CC2)cc1. The Morgan fingerprint density at radius 1 is 0.964 bits per heavy atom. The van der Waals surface area contributed by atoms with Crippen molar-refractivity contribution in [2.24, 2.45) is 5.73 Å². The first-order valence-electron chi connectivity index (χ1n) is 10.5. The summed E-state index contributed by atoms with van der Waals surface area (Å²) in [7, 11) is 1.65. The molecular weight excluding hydrogens is 354 g/mol. The second-order valence-corrected chi connectivity index (χ2v) is 8.09. The lowest BCUT2D eigenvalue weighted by molar-refractivity contribution is -0.138. The van der Waals surface area contributed by atoms with E-state index in [9.17, 15) is 9.59 Å². The van der Waals surface area contributed by atoms with Gasteiger partial charge in [-0.05, 0) is 43.4 Å². The van der Waals surface area contributed by atoms with Gasteiger partial charge in [0.1, 0.15) is 5.75 Å². The van der Waals surface area contributed by atoms with Gasteiger partial charge in [-0.15, -0.1) is 0 Å². The van der Waals surface area contributed by atoms with Gasteiger partial charge in [0.2, 0.25) is 11.8 Å². The van der Waals surface area contributed by atoms with E-state index in [4.69, 9.17) is 10.5 Å². The van der Waals surface area contributed by atoms with Gasteiger partial charge in [-0.25, -0.2) is 0 Å². The molecule has 2 aliphatic rings. The number of methoxy groups -OCH3 is 1. The molecule has 1 heterocycles. The Bertz CT molecular complexity index is 668. The zero-order valence-corrected chi connectivity index (χ0v) is 17.0. The molecule has 3 rings (SSSR count). The third-order valence-corrected chi connectivity index (χ3v) is 6.09. The Labute approximate surface area is 168 Å². The fraction of sp³-hybridized carbons (Fsp3) is 0.636. The molecule has 154 valence electrons.